The zero-order valence-electron chi connectivity index (χ0n) is 16.6. The van der Waals surface area contributed by atoms with E-state index in [2.05, 4.69) is 15.5 Å². The lowest BCUT2D eigenvalue weighted by atomic mass is 10.2. The summed E-state index contributed by atoms with van der Waals surface area (Å²) in [6, 6.07) is 16.3. The Kier molecular flexibility index (Phi) is 4.75. The molecule has 0 atom stereocenters. The minimum Gasteiger partial charge on any atom is -0.495 e. The Morgan fingerprint density at radius 3 is 2.90 bits per heavy atom. The van der Waals surface area contributed by atoms with Gasteiger partial charge in [0.05, 0.1) is 12.8 Å². The molecule has 1 N–H and O–H groups in total. The number of ether oxygens (including phenoxy) is 3. The second-order valence-electron chi connectivity index (χ2n) is 6.76. The van der Waals surface area contributed by atoms with Crippen LogP contribution in [-0.2, 0) is 11.3 Å². The van der Waals surface area contributed by atoms with Crippen LogP contribution in [-0.4, -0.2) is 34.5 Å². The highest BCUT2D eigenvalue weighted by atomic mass is 16.7. The molecule has 2 aromatic heterocycles. The lowest BCUT2D eigenvalue weighted by molar-refractivity contribution is -0.116. The van der Waals surface area contributed by atoms with E-state index in [1.54, 1.807) is 42.1 Å². The van der Waals surface area contributed by atoms with Crippen molar-refractivity contribution in [2.24, 2.45) is 0 Å². The SMILES string of the molecule is COc1ccccc1NC(=O)Cn1cccc1-c1nc(-c2ccc3c(c2)OCO3)no1. The molecule has 0 fully saturated rings. The molecule has 9 nitrogen and oxygen atoms in total. The first-order valence-corrected chi connectivity index (χ1v) is 9.53. The third-order valence-electron chi connectivity index (χ3n) is 4.80. The zero-order chi connectivity index (χ0) is 21.2. The molecule has 5 rings (SSSR count). The first-order valence-electron chi connectivity index (χ1n) is 9.53. The summed E-state index contributed by atoms with van der Waals surface area (Å²) < 4.78 is 23.2. The van der Waals surface area contributed by atoms with Crippen LogP contribution in [0.1, 0.15) is 0 Å². The van der Waals surface area contributed by atoms with Gasteiger partial charge >= 0.3 is 0 Å². The molecular formula is C22H18N4O5. The Bertz CT molecular complexity index is 1250. The monoisotopic (exact) mass is 418 g/mol. The normalized spacial score (nSPS) is 12.0. The Hall–Kier alpha value is -4.27. The molecule has 0 saturated carbocycles. The van der Waals surface area contributed by atoms with Crippen molar-refractivity contribution in [3.05, 3.63) is 60.8 Å². The van der Waals surface area contributed by atoms with Gasteiger partial charge < -0.3 is 28.6 Å². The van der Waals surface area contributed by atoms with E-state index in [0.717, 1.165) is 5.56 Å². The van der Waals surface area contributed by atoms with Gasteiger partial charge in [0.25, 0.3) is 5.89 Å². The molecule has 0 unspecified atom stereocenters. The second kappa shape index (κ2) is 7.86. The van der Waals surface area contributed by atoms with Crippen LogP contribution in [0.2, 0.25) is 0 Å². The fraction of sp³-hybridized carbons (Fsp3) is 0.136. The van der Waals surface area contributed by atoms with Crippen molar-refractivity contribution in [3.63, 3.8) is 0 Å². The van der Waals surface area contributed by atoms with E-state index in [1.165, 1.54) is 0 Å². The number of nitrogens with one attached hydrogen (secondary N) is 1. The van der Waals surface area contributed by atoms with Crippen LogP contribution in [0.3, 0.4) is 0 Å². The van der Waals surface area contributed by atoms with Crippen LogP contribution >= 0.6 is 0 Å². The lowest BCUT2D eigenvalue weighted by Crippen LogP contribution is -2.19. The quantitative estimate of drug-likeness (QED) is 0.511. The largest absolute Gasteiger partial charge is 0.495 e. The highest BCUT2D eigenvalue weighted by Gasteiger charge is 2.19. The first kappa shape index (κ1) is 18.7. The van der Waals surface area contributed by atoms with Gasteiger partial charge in [-0.1, -0.05) is 17.3 Å². The number of rotatable bonds is 6. The van der Waals surface area contributed by atoms with Crippen LogP contribution in [0, 0.1) is 0 Å². The van der Waals surface area contributed by atoms with Gasteiger partial charge in [-0.15, -0.1) is 0 Å². The van der Waals surface area contributed by atoms with Gasteiger partial charge in [0, 0.05) is 11.8 Å². The Balaban J connectivity index is 1.34. The maximum atomic E-state index is 12.6. The number of nitrogens with zero attached hydrogens (tertiary/aromatic N) is 3. The van der Waals surface area contributed by atoms with Crippen LogP contribution in [0.5, 0.6) is 17.2 Å². The number of fused-ring (bicyclic) bond motifs is 1. The number of amides is 1. The maximum absolute atomic E-state index is 12.6. The van der Waals surface area contributed by atoms with Gasteiger partial charge in [-0.25, -0.2) is 0 Å². The molecule has 31 heavy (non-hydrogen) atoms. The molecule has 0 radical (unpaired) electrons. The summed E-state index contributed by atoms with van der Waals surface area (Å²) in [5.41, 5.74) is 1.98. The number of benzene rings is 2. The predicted octanol–water partition coefficient (Wildman–Crippen LogP) is 3.58. The van der Waals surface area contributed by atoms with E-state index in [1.807, 2.05) is 30.3 Å². The van der Waals surface area contributed by atoms with Crippen LogP contribution in [0.15, 0.2) is 65.3 Å². The maximum Gasteiger partial charge on any atom is 0.274 e. The summed E-state index contributed by atoms with van der Waals surface area (Å²) in [5, 5.41) is 6.92. The number of carbonyl (C=O) groups is 1. The molecule has 156 valence electrons. The molecule has 3 heterocycles. The predicted molar refractivity (Wildman–Crippen MR) is 111 cm³/mol. The van der Waals surface area contributed by atoms with Gasteiger partial charge in [0.2, 0.25) is 18.5 Å². The van der Waals surface area contributed by atoms with Crippen molar-refractivity contribution in [1.82, 2.24) is 14.7 Å². The number of anilines is 1. The van der Waals surface area contributed by atoms with Crippen LogP contribution in [0.4, 0.5) is 5.69 Å². The fourth-order valence-electron chi connectivity index (χ4n) is 3.32. The van der Waals surface area contributed by atoms with Crippen LogP contribution < -0.4 is 19.5 Å². The van der Waals surface area contributed by atoms with Gasteiger partial charge in [-0.2, -0.15) is 4.98 Å². The van der Waals surface area contributed by atoms with Crippen molar-refractivity contribution >= 4 is 11.6 Å². The summed E-state index contributed by atoms with van der Waals surface area (Å²) >= 11 is 0. The molecule has 1 aliphatic heterocycles. The number of hydrogen-bond donors (Lipinski definition) is 1. The molecule has 4 aromatic rings. The molecule has 0 spiro atoms. The number of para-hydroxylation sites is 2. The third kappa shape index (κ3) is 3.68. The fourth-order valence-corrected chi connectivity index (χ4v) is 3.32. The average Bonchev–Trinajstić information content (AvgIpc) is 3.53. The summed E-state index contributed by atoms with van der Waals surface area (Å²) in [6.07, 6.45) is 1.78. The Morgan fingerprint density at radius 2 is 2.00 bits per heavy atom. The smallest absolute Gasteiger partial charge is 0.274 e. The van der Waals surface area contributed by atoms with E-state index in [-0.39, 0.29) is 19.2 Å². The molecule has 9 heteroatoms. The summed E-state index contributed by atoms with van der Waals surface area (Å²) in [4.78, 5) is 17.1. The molecular weight excluding hydrogens is 400 g/mol. The van der Waals surface area contributed by atoms with Crippen molar-refractivity contribution in [2.45, 2.75) is 6.54 Å². The molecule has 1 aliphatic rings. The van der Waals surface area contributed by atoms with Crippen molar-refractivity contribution in [1.29, 1.82) is 0 Å². The molecule has 1 amide bonds. The number of aromatic nitrogens is 3. The Labute approximate surface area is 177 Å². The third-order valence-corrected chi connectivity index (χ3v) is 4.80. The Morgan fingerprint density at radius 1 is 1.13 bits per heavy atom. The van der Waals surface area contributed by atoms with Crippen LogP contribution in [0.25, 0.3) is 23.0 Å². The summed E-state index contributed by atoms with van der Waals surface area (Å²) in [7, 11) is 1.56. The molecule has 0 bridgehead atoms. The molecule has 2 aromatic carbocycles. The highest BCUT2D eigenvalue weighted by molar-refractivity contribution is 5.92. The number of hydrogen-bond acceptors (Lipinski definition) is 7. The van der Waals surface area contributed by atoms with Gasteiger partial charge in [-0.3, -0.25) is 4.79 Å². The van der Waals surface area contributed by atoms with Gasteiger partial charge in [-0.05, 0) is 42.5 Å². The van der Waals surface area contributed by atoms with E-state index in [0.29, 0.717) is 40.3 Å². The number of methoxy groups -OCH3 is 1. The second-order valence-corrected chi connectivity index (χ2v) is 6.76. The number of carbonyl (C=O) groups excluding carboxylic acids is 1. The molecule has 0 saturated heterocycles. The van der Waals surface area contributed by atoms with Crippen molar-refractivity contribution in [2.75, 3.05) is 19.2 Å². The zero-order valence-corrected chi connectivity index (χ0v) is 16.6. The van der Waals surface area contributed by atoms with Gasteiger partial charge in [0.1, 0.15) is 18.0 Å². The van der Waals surface area contributed by atoms with Gasteiger partial charge in [0.15, 0.2) is 11.5 Å². The van der Waals surface area contributed by atoms with E-state index in [4.69, 9.17) is 18.7 Å². The topological polar surface area (TPSA) is 101 Å². The van der Waals surface area contributed by atoms with E-state index >= 15 is 0 Å². The van der Waals surface area contributed by atoms with E-state index < -0.39 is 0 Å². The summed E-state index contributed by atoms with van der Waals surface area (Å²) in [5.74, 6) is 2.43. The minimum atomic E-state index is -0.211. The minimum absolute atomic E-state index is 0.0715. The average molecular weight is 418 g/mol. The highest BCUT2D eigenvalue weighted by Crippen LogP contribution is 2.35. The summed E-state index contributed by atoms with van der Waals surface area (Å²) in [6.45, 7) is 0.267. The molecule has 0 aliphatic carbocycles. The van der Waals surface area contributed by atoms with Crippen molar-refractivity contribution in [3.8, 4) is 40.2 Å². The first-order chi connectivity index (χ1) is 15.2. The van der Waals surface area contributed by atoms with Crippen molar-refractivity contribution < 1.29 is 23.5 Å². The van der Waals surface area contributed by atoms with E-state index in [9.17, 15) is 4.79 Å². The standard InChI is InChI=1S/C22H18N4O5/c1-28-17-7-3-2-5-15(17)23-20(27)12-26-10-4-6-16(26)22-24-21(25-31-22)14-8-9-18-19(11-14)30-13-29-18/h2-11H,12-13H2,1H3,(H,23,27). The lowest BCUT2D eigenvalue weighted by Gasteiger charge is -2.11.